The second-order valence-electron chi connectivity index (χ2n) is 5.61. The molecule has 0 amide bonds. The van der Waals surface area contributed by atoms with Gasteiger partial charge in [-0.25, -0.2) is 15.8 Å². The second kappa shape index (κ2) is 7.28. The van der Waals surface area contributed by atoms with E-state index in [0.29, 0.717) is 35.5 Å². The molecule has 9 nitrogen and oxygen atoms in total. The zero-order valence-electron chi connectivity index (χ0n) is 14.6. The van der Waals surface area contributed by atoms with Gasteiger partial charge in [0.1, 0.15) is 17.1 Å². The number of nitrogens with zero attached hydrogens (tertiary/aromatic N) is 4. The maximum atomic E-state index is 6.22. The van der Waals surface area contributed by atoms with Gasteiger partial charge in [-0.15, -0.1) is 0 Å². The van der Waals surface area contributed by atoms with E-state index >= 15 is 0 Å². The molecule has 3 heterocycles. The first kappa shape index (κ1) is 17.5. The monoisotopic (exact) mass is 355 g/mol. The minimum absolute atomic E-state index is 0.0460. The minimum atomic E-state index is 0.0460. The Kier molecular flexibility index (Phi) is 4.90. The molecule has 26 heavy (non-hydrogen) atoms. The molecule has 136 valence electrons. The van der Waals surface area contributed by atoms with E-state index in [1.165, 1.54) is 5.01 Å². The quantitative estimate of drug-likeness (QED) is 0.446. The van der Waals surface area contributed by atoms with E-state index in [4.69, 9.17) is 26.5 Å². The molecule has 0 bridgehead atoms. The average molecular weight is 355 g/mol. The van der Waals surface area contributed by atoms with E-state index in [0.717, 1.165) is 5.76 Å². The lowest BCUT2D eigenvalue weighted by Gasteiger charge is -2.20. The third-order valence-electron chi connectivity index (χ3n) is 3.59. The number of aryl methyl sites for hydroxylation is 1. The number of nitrogen functional groups attached to an aromatic ring is 2. The van der Waals surface area contributed by atoms with Crippen molar-refractivity contribution in [3.8, 4) is 17.3 Å². The Morgan fingerprint density at radius 2 is 1.92 bits per heavy atom. The van der Waals surface area contributed by atoms with E-state index in [9.17, 15) is 0 Å². The van der Waals surface area contributed by atoms with Crippen molar-refractivity contribution in [3.05, 3.63) is 41.8 Å². The van der Waals surface area contributed by atoms with Crippen LogP contribution >= 0.6 is 0 Å². The summed E-state index contributed by atoms with van der Waals surface area (Å²) in [5.74, 6) is 8.28. The molecule has 3 aromatic heterocycles. The van der Waals surface area contributed by atoms with Gasteiger partial charge in [0.25, 0.3) is 0 Å². The fourth-order valence-corrected chi connectivity index (χ4v) is 2.47. The van der Waals surface area contributed by atoms with E-state index < -0.39 is 0 Å². The van der Waals surface area contributed by atoms with Gasteiger partial charge in [0.15, 0.2) is 11.6 Å². The highest BCUT2D eigenvalue weighted by Crippen LogP contribution is 2.32. The highest BCUT2D eigenvalue weighted by Gasteiger charge is 2.19. The Hall–Kier alpha value is -3.33. The van der Waals surface area contributed by atoms with Crippen LogP contribution in [0.1, 0.15) is 18.4 Å². The molecular formula is C17H21N7O2. The molecule has 0 atom stereocenters. The Morgan fingerprint density at radius 1 is 1.12 bits per heavy atom. The lowest BCUT2D eigenvalue weighted by Crippen LogP contribution is -2.32. The number of nitrogens with two attached hydrogens (primary N) is 3. The van der Waals surface area contributed by atoms with Crippen molar-refractivity contribution >= 4 is 17.5 Å². The molecule has 0 saturated heterocycles. The summed E-state index contributed by atoms with van der Waals surface area (Å²) in [6.45, 7) is 4.52. The molecule has 0 fully saturated rings. The van der Waals surface area contributed by atoms with Crippen molar-refractivity contribution < 1.29 is 9.15 Å². The number of hydrogen-bond acceptors (Lipinski definition) is 9. The van der Waals surface area contributed by atoms with Crippen molar-refractivity contribution in [2.45, 2.75) is 20.4 Å². The Labute approximate surface area is 150 Å². The van der Waals surface area contributed by atoms with Crippen LogP contribution in [0.25, 0.3) is 11.5 Å². The first-order valence-corrected chi connectivity index (χ1v) is 8.08. The van der Waals surface area contributed by atoms with Crippen molar-refractivity contribution in [2.24, 2.45) is 5.84 Å². The van der Waals surface area contributed by atoms with Gasteiger partial charge in [-0.3, -0.25) is 5.01 Å². The molecule has 0 unspecified atom stereocenters. The van der Waals surface area contributed by atoms with E-state index in [1.54, 1.807) is 12.1 Å². The van der Waals surface area contributed by atoms with Crippen molar-refractivity contribution in [1.82, 2.24) is 15.0 Å². The van der Waals surface area contributed by atoms with Crippen LogP contribution in [0, 0.1) is 6.92 Å². The fraction of sp³-hybridized carbons (Fsp3) is 0.235. The molecule has 0 aliphatic heterocycles. The van der Waals surface area contributed by atoms with Gasteiger partial charge in [-0.1, -0.05) is 6.07 Å². The van der Waals surface area contributed by atoms with Crippen molar-refractivity contribution in [3.63, 3.8) is 0 Å². The molecule has 3 aromatic rings. The van der Waals surface area contributed by atoms with Gasteiger partial charge in [0.2, 0.25) is 11.8 Å². The highest BCUT2D eigenvalue weighted by atomic mass is 16.5. The number of hydrazine groups is 1. The number of hydrogen-bond donors (Lipinski definition) is 3. The summed E-state index contributed by atoms with van der Waals surface area (Å²) < 4.78 is 11.0. The molecule has 0 saturated carbocycles. The number of aromatic nitrogens is 3. The summed E-state index contributed by atoms with van der Waals surface area (Å²) in [5.41, 5.74) is 13.4. The lowest BCUT2D eigenvalue weighted by molar-refractivity contribution is 0.326. The molecule has 0 radical (unpaired) electrons. The van der Waals surface area contributed by atoms with Crippen molar-refractivity contribution in [1.29, 1.82) is 0 Å². The standard InChI is InChI=1S/C17H21N7O2/c1-3-25-13-6-4-5-11(21-13)9-24(20)16-14(18)15(22-17(19)23-16)12-8-7-10(2)26-12/h4-8H,3,9,18,20H2,1-2H3,(H2,19,22,23). The summed E-state index contributed by atoms with van der Waals surface area (Å²) in [4.78, 5) is 12.7. The molecule has 0 spiro atoms. The van der Waals surface area contributed by atoms with E-state index in [1.807, 2.05) is 32.0 Å². The lowest BCUT2D eigenvalue weighted by atomic mass is 10.2. The normalized spacial score (nSPS) is 10.7. The number of rotatable bonds is 6. The number of furan rings is 1. The van der Waals surface area contributed by atoms with Crippen LogP contribution in [0.15, 0.2) is 34.7 Å². The van der Waals surface area contributed by atoms with Gasteiger partial charge in [-0.05, 0) is 32.0 Å². The topological polar surface area (TPSA) is 142 Å². The van der Waals surface area contributed by atoms with E-state index in [-0.39, 0.29) is 18.2 Å². The van der Waals surface area contributed by atoms with Gasteiger partial charge in [0, 0.05) is 6.07 Å². The summed E-state index contributed by atoms with van der Waals surface area (Å²) in [5, 5.41) is 1.37. The maximum Gasteiger partial charge on any atom is 0.222 e. The molecule has 6 N–H and O–H groups in total. The number of pyridine rings is 1. The van der Waals surface area contributed by atoms with Crippen molar-refractivity contribution in [2.75, 3.05) is 23.1 Å². The smallest absolute Gasteiger partial charge is 0.222 e. The summed E-state index contributed by atoms with van der Waals surface area (Å²) >= 11 is 0. The van der Waals surface area contributed by atoms with Crippen LogP contribution in [-0.4, -0.2) is 21.6 Å². The predicted molar refractivity (Wildman–Crippen MR) is 99.1 cm³/mol. The van der Waals surface area contributed by atoms with Crippen LogP contribution in [0.4, 0.5) is 17.5 Å². The van der Waals surface area contributed by atoms with Crippen LogP contribution < -0.4 is 27.1 Å². The third kappa shape index (κ3) is 3.67. The summed E-state index contributed by atoms with van der Waals surface area (Å²) in [6, 6.07) is 9.04. The zero-order chi connectivity index (χ0) is 18.7. The third-order valence-corrected chi connectivity index (χ3v) is 3.59. The van der Waals surface area contributed by atoms with Gasteiger partial charge >= 0.3 is 0 Å². The van der Waals surface area contributed by atoms with Gasteiger partial charge in [-0.2, -0.15) is 4.98 Å². The fourth-order valence-electron chi connectivity index (χ4n) is 2.47. The van der Waals surface area contributed by atoms with Crippen LogP contribution in [0.5, 0.6) is 5.88 Å². The average Bonchev–Trinajstić information content (AvgIpc) is 3.03. The molecule has 0 aromatic carbocycles. The maximum absolute atomic E-state index is 6.22. The molecule has 9 heteroatoms. The van der Waals surface area contributed by atoms with Gasteiger partial charge in [0.05, 0.1) is 18.8 Å². The summed E-state index contributed by atoms with van der Waals surface area (Å²) in [7, 11) is 0. The Bertz CT molecular complexity index is 910. The number of ether oxygens (including phenoxy) is 1. The van der Waals surface area contributed by atoms with E-state index in [2.05, 4.69) is 15.0 Å². The minimum Gasteiger partial charge on any atom is -0.478 e. The first-order valence-electron chi connectivity index (χ1n) is 8.08. The predicted octanol–water partition coefficient (Wildman–Crippen LogP) is 1.88. The second-order valence-corrected chi connectivity index (χ2v) is 5.61. The number of anilines is 3. The SMILES string of the molecule is CCOc1cccc(CN(N)c2nc(N)nc(-c3ccc(C)o3)c2N)n1. The Balaban J connectivity index is 1.91. The molecule has 3 rings (SSSR count). The molecule has 0 aliphatic rings. The zero-order valence-corrected chi connectivity index (χ0v) is 14.6. The highest BCUT2D eigenvalue weighted by molar-refractivity contribution is 5.79. The molecular weight excluding hydrogens is 334 g/mol. The first-order chi connectivity index (χ1) is 12.5. The van der Waals surface area contributed by atoms with Crippen LogP contribution in [-0.2, 0) is 6.54 Å². The largest absolute Gasteiger partial charge is 0.478 e. The van der Waals surface area contributed by atoms with Crippen LogP contribution in [0.2, 0.25) is 0 Å². The summed E-state index contributed by atoms with van der Waals surface area (Å²) in [6.07, 6.45) is 0. The Morgan fingerprint density at radius 3 is 2.62 bits per heavy atom. The van der Waals surface area contributed by atoms with Gasteiger partial charge < -0.3 is 20.6 Å². The van der Waals surface area contributed by atoms with Crippen LogP contribution in [0.3, 0.4) is 0 Å². The molecule has 0 aliphatic carbocycles.